The van der Waals surface area contributed by atoms with Crippen LogP contribution in [-0.4, -0.2) is 49.9 Å². The maximum atomic E-state index is 12.3. The lowest BCUT2D eigenvalue weighted by Crippen LogP contribution is -2.63. The van der Waals surface area contributed by atoms with Crippen molar-refractivity contribution < 1.29 is 19.8 Å². The zero-order valence-corrected chi connectivity index (χ0v) is 15.9. The Bertz CT molecular complexity index is 903. The summed E-state index contributed by atoms with van der Waals surface area (Å²) >= 11 is 3.07. The average Bonchev–Trinajstić information content (AvgIpc) is 3.09. The van der Waals surface area contributed by atoms with Crippen molar-refractivity contribution in [3.05, 3.63) is 35.5 Å². The van der Waals surface area contributed by atoms with Crippen molar-refractivity contribution in [1.29, 1.82) is 0 Å². The Morgan fingerprint density at radius 1 is 1.42 bits per heavy atom. The lowest BCUT2D eigenvalue weighted by Gasteiger charge is -2.46. The van der Waals surface area contributed by atoms with Gasteiger partial charge in [0, 0.05) is 11.7 Å². The van der Waals surface area contributed by atoms with E-state index in [1.807, 2.05) is 31.2 Å². The molecule has 4 rings (SSSR count). The van der Waals surface area contributed by atoms with Crippen LogP contribution in [0.25, 0.3) is 10.2 Å². The first-order valence-electron chi connectivity index (χ1n) is 8.36. The van der Waals surface area contributed by atoms with E-state index in [-0.39, 0.29) is 23.6 Å². The van der Waals surface area contributed by atoms with Gasteiger partial charge in [0.1, 0.15) is 5.70 Å². The highest BCUT2D eigenvalue weighted by Crippen LogP contribution is 2.48. The van der Waals surface area contributed by atoms with E-state index in [0.717, 1.165) is 20.1 Å². The molecule has 2 aliphatic rings. The lowest BCUT2D eigenvalue weighted by atomic mass is 9.78. The second kappa shape index (κ2) is 6.37. The number of para-hydroxylation sites is 1. The molecule has 0 spiro atoms. The maximum absolute atomic E-state index is 12.3. The Hall–Kier alpha value is -1.90. The van der Waals surface area contributed by atoms with Crippen molar-refractivity contribution in [2.24, 2.45) is 11.8 Å². The minimum atomic E-state index is -1.09. The Balaban J connectivity index is 1.60. The van der Waals surface area contributed by atoms with Crippen molar-refractivity contribution in [3.63, 3.8) is 0 Å². The van der Waals surface area contributed by atoms with E-state index < -0.39 is 18.0 Å². The van der Waals surface area contributed by atoms with E-state index in [2.05, 4.69) is 4.98 Å². The van der Waals surface area contributed by atoms with Gasteiger partial charge in [-0.15, -0.1) is 11.3 Å². The molecule has 1 fully saturated rings. The molecule has 0 aliphatic carbocycles. The minimum Gasteiger partial charge on any atom is -0.477 e. The molecule has 8 heteroatoms. The number of aliphatic carboxylic acids is 1. The molecular weight excluding hydrogens is 372 g/mol. The summed E-state index contributed by atoms with van der Waals surface area (Å²) in [6.07, 6.45) is -0.780. The third kappa shape index (κ3) is 2.55. The van der Waals surface area contributed by atoms with Gasteiger partial charge in [-0.05, 0) is 24.6 Å². The number of hydrogen-bond donors (Lipinski definition) is 2. The van der Waals surface area contributed by atoms with Crippen LogP contribution in [0.1, 0.15) is 13.8 Å². The van der Waals surface area contributed by atoms with E-state index in [9.17, 15) is 19.8 Å². The van der Waals surface area contributed by atoms with Crippen LogP contribution in [0.5, 0.6) is 0 Å². The number of fused-ring (bicyclic) bond motifs is 2. The number of β-lactam (4-membered cyclic amide) rings is 1. The number of nitrogens with zero attached hydrogens (tertiary/aromatic N) is 2. The standard InChI is InChI=1S/C18H18N2O4S2/c1-8-10(7-25-18-19-11-5-3-4-6-12(11)26-18)15(17(23)24)20-14(8)13(9(2)21)16(20)22/h3-6,8-9,13-14,21H,7H2,1-2H3,(H,23,24). The number of hydrogen-bond acceptors (Lipinski definition) is 6. The number of rotatable bonds is 5. The highest BCUT2D eigenvalue weighted by molar-refractivity contribution is 8.01. The van der Waals surface area contributed by atoms with Crippen LogP contribution < -0.4 is 0 Å². The largest absolute Gasteiger partial charge is 0.477 e. The Kier molecular flexibility index (Phi) is 4.29. The number of aliphatic hydroxyl groups is 1. The predicted octanol–water partition coefficient (Wildman–Crippen LogP) is 2.58. The number of thiazole rings is 1. The number of carbonyl (C=O) groups is 2. The highest BCUT2D eigenvalue weighted by Gasteiger charge is 2.59. The first kappa shape index (κ1) is 17.5. The fraction of sp³-hybridized carbons (Fsp3) is 0.389. The van der Waals surface area contributed by atoms with Crippen LogP contribution in [0.4, 0.5) is 0 Å². The van der Waals surface area contributed by atoms with E-state index in [1.165, 1.54) is 16.7 Å². The van der Waals surface area contributed by atoms with Crippen molar-refractivity contribution in [2.75, 3.05) is 5.75 Å². The number of thioether (sulfide) groups is 1. The van der Waals surface area contributed by atoms with Crippen LogP contribution in [-0.2, 0) is 9.59 Å². The Morgan fingerprint density at radius 3 is 2.81 bits per heavy atom. The van der Waals surface area contributed by atoms with Crippen LogP contribution in [0, 0.1) is 11.8 Å². The topological polar surface area (TPSA) is 90.7 Å². The van der Waals surface area contributed by atoms with Gasteiger partial charge in [-0.2, -0.15) is 0 Å². The first-order valence-corrected chi connectivity index (χ1v) is 10.2. The molecule has 136 valence electrons. The van der Waals surface area contributed by atoms with E-state index in [0.29, 0.717) is 5.75 Å². The van der Waals surface area contributed by atoms with E-state index in [4.69, 9.17) is 0 Å². The molecule has 2 N–H and O–H groups in total. The summed E-state index contributed by atoms with van der Waals surface area (Å²) in [6.45, 7) is 3.52. The Labute approximate surface area is 158 Å². The van der Waals surface area contributed by atoms with Crippen molar-refractivity contribution in [3.8, 4) is 0 Å². The van der Waals surface area contributed by atoms with Crippen LogP contribution >= 0.6 is 23.1 Å². The Morgan fingerprint density at radius 2 is 2.15 bits per heavy atom. The molecular formula is C18H18N2O4S2. The monoisotopic (exact) mass is 390 g/mol. The number of aliphatic hydroxyl groups excluding tert-OH is 1. The van der Waals surface area contributed by atoms with Gasteiger partial charge in [-0.3, -0.25) is 4.79 Å². The fourth-order valence-electron chi connectivity index (χ4n) is 3.89. The molecule has 0 bridgehead atoms. The van der Waals surface area contributed by atoms with Gasteiger partial charge in [-0.25, -0.2) is 9.78 Å². The molecule has 1 amide bonds. The SMILES string of the molecule is CC(O)C1C(=O)N2C(C(=O)O)=C(CSc3nc4ccccc4s3)C(C)C12. The molecule has 1 saturated heterocycles. The number of benzene rings is 1. The number of carboxylic acid groups (broad SMARTS) is 1. The summed E-state index contributed by atoms with van der Waals surface area (Å²) < 4.78 is 1.97. The second-order valence-corrected chi connectivity index (χ2v) is 8.92. The van der Waals surface area contributed by atoms with E-state index >= 15 is 0 Å². The lowest BCUT2D eigenvalue weighted by molar-refractivity contribution is -0.163. The quantitative estimate of drug-likeness (QED) is 0.602. The highest BCUT2D eigenvalue weighted by atomic mass is 32.2. The molecule has 26 heavy (non-hydrogen) atoms. The summed E-state index contributed by atoms with van der Waals surface area (Å²) in [6, 6.07) is 7.60. The predicted molar refractivity (Wildman–Crippen MR) is 100.0 cm³/mol. The number of carboxylic acids is 1. The third-order valence-electron chi connectivity index (χ3n) is 5.14. The number of carbonyl (C=O) groups excluding carboxylic acids is 1. The molecule has 4 atom stereocenters. The average molecular weight is 390 g/mol. The van der Waals surface area contributed by atoms with Crippen LogP contribution in [0.2, 0.25) is 0 Å². The zero-order chi connectivity index (χ0) is 18.6. The van der Waals surface area contributed by atoms with Gasteiger partial charge in [0.25, 0.3) is 0 Å². The van der Waals surface area contributed by atoms with Gasteiger partial charge < -0.3 is 15.1 Å². The molecule has 6 nitrogen and oxygen atoms in total. The summed E-state index contributed by atoms with van der Waals surface area (Å²) in [5.74, 6) is -1.54. The summed E-state index contributed by atoms with van der Waals surface area (Å²) in [7, 11) is 0. The molecule has 1 aromatic heterocycles. The van der Waals surface area contributed by atoms with Crippen molar-refractivity contribution in [2.45, 2.75) is 30.3 Å². The molecule has 0 radical (unpaired) electrons. The van der Waals surface area contributed by atoms with Crippen molar-refractivity contribution in [1.82, 2.24) is 9.88 Å². The summed E-state index contributed by atoms with van der Waals surface area (Å²) in [5, 5.41) is 19.5. The van der Waals surface area contributed by atoms with Gasteiger partial charge in [0.15, 0.2) is 4.34 Å². The normalized spacial score (nSPS) is 26.2. The first-order chi connectivity index (χ1) is 12.4. The van der Waals surface area contributed by atoms with Crippen molar-refractivity contribution >= 4 is 45.2 Å². The molecule has 1 aromatic carbocycles. The molecule has 4 unspecified atom stereocenters. The van der Waals surface area contributed by atoms with Crippen LogP contribution in [0.3, 0.4) is 0 Å². The number of aromatic nitrogens is 1. The molecule has 2 aliphatic heterocycles. The molecule has 3 heterocycles. The summed E-state index contributed by atoms with van der Waals surface area (Å²) in [4.78, 5) is 30.0. The fourth-order valence-corrected chi connectivity index (χ4v) is 6.11. The van der Waals surface area contributed by atoms with E-state index in [1.54, 1.807) is 18.3 Å². The minimum absolute atomic E-state index is 0.0815. The smallest absolute Gasteiger partial charge is 0.352 e. The second-order valence-electron chi connectivity index (χ2n) is 6.67. The third-order valence-corrected chi connectivity index (χ3v) is 7.37. The van der Waals surface area contributed by atoms with Gasteiger partial charge in [0.2, 0.25) is 5.91 Å². The molecule has 2 aromatic rings. The van der Waals surface area contributed by atoms with Gasteiger partial charge >= 0.3 is 5.97 Å². The zero-order valence-electron chi connectivity index (χ0n) is 14.2. The van der Waals surface area contributed by atoms with Gasteiger partial charge in [-0.1, -0.05) is 30.8 Å². The number of amides is 1. The van der Waals surface area contributed by atoms with Gasteiger partial charge in [0.05, 0.1) is 28.3 Å². The summed E-state index contributed by atoms with van der Waals surface area (Å²) in [5.41, 5.74) is 1.75. The van der Waals surface area contributed by atoms with Crippen LogP contribution in [0.15, 0.2) is 39.9 Å². The maximum Gasteiger partial charge on any atom is 0.352 e. The molecule has 0 saturated carbocycles.